The fourth-order valence-electron chi connectivity index (χ4n) is 1.69. The van der Waals surface area contributed by atoms with E-state index in [4.69, 9.17) is 5.84 Å². The van der Waals surface area contributed by atoms with Gasteiger partial charge in [-0.1, -0.05) is 54.6 Å². The predicted octanol–water partition coefficient (Wildman–Crippen LogP) is 2.88. The van der Waals surface area contributed by atoms with Crippen LogP contribution < -0.4 is 11.3 Å². The van der Waals surface area contributed by atoms with Crippen molar-refractivity contribution in [1.82, 2.24) is 5.43 Å². The first-order chi connectivity index (χ1) is 7.81. The molecule has 3 N–H and O–H groups in total. The van der Waals surface area contributed by atoms with Crippen LogP contribution in [0.5, 0.6) is 0 Å². The molecule has 0 aromatic heterocycles. The van der Waals surface area contributed by atoms with E-state index in [0.29, 0.717) is 0 Å². The number of nitrogens with two attached hydrogens (primary N) is 1. The van der Waals surface area contributed by atoms with Gasteiger partial charge in [0.15, 0.2) is 0 Å². The van der Waals surface area contributed by atoms with Crippen LogP contribution in [0.3, 0.4) is 0 Å². The summed E-state index contributed by atoms with van der Waals surface area (Å²) in [7, 11) is 0. The highest BCUT2D eigenvalue weighted by Crippen LogP contribution is 2.21. The summed E-state index contributed by atoms with van der Waals surface area (Å²) in [5, 5.41) is 0. The van der Waals surface area contributed by atoms with Crippen LogP contribution in [0.25, 0.3) is 11.1 Å². The molecule has 0 fully saturated rings. The third kappa shape index (κ3) is 2.30. The summed E-state index contributed by atoms with van der Waals surface area (Å²) in [6, 6.07) is 19.0. The van der Waals surface area contributed by atoms with Gasteiger partial charge in [0.05, 0.1) is 0 Å². The Bertz CT molecular complexity index is 434. The zero-order valence-electron chi connectivity index (χ0n) is 9.35. The number of benzene rings is 2. The Labute approximate surface area is 96.1 Å². The Kier molecular flexibility index (Phi) is 3.34. The number of hydrogen-bond donors (Lipinski definition) is 2. The lowest BCUT2D eigenvalue weighted by Crippen LogP contribution is -2.25. The molecule has 2 aromatic carbocycles. The Morgan fingerprint density at radius 2 is 1.44 bits per heavy atom. The minimum Gasteiger partial charge on any atom is -0.271 e. The van der Waals surface area contributed by atoms with Gasteiger partial charge in [0.2, 0.25) is 0 Å². The summed E-state index contributed by atoms with van der Waals surface area (Å²) in [5.74, 6) is 5.40. The molecule has 2 aromatic rings. The third-order valence-electron chi connectivity index (χ3n) is 2.77. The molecule has 0 radical (unpaired) electrons. The number of rotatable bonds is 3. The number of hydrogen-bond acceptors (Lipinski definition) is 2. The van der Waals surface area contributed by atoms with Crippen molar-refractivity contribution >= 4 is 0 Å². The van der Waals surface area contributed by atoms with Gasteiger partial charge in [-0.2, -0.15) is 0 Å². The maximum absolute atomic E-state index is 5.40. The van der Waals surface area contributed by atoms with Crippen molar-refractivity contribution in [2.45, 2.75) is 13.0 Å². The summed E-state index contributed by atoms with van der Waals surface area (Å²) in [4.78, 5) is 0. The minimum absolute atomic E-state index is 0.185. The fourth-order valence-corrected chi connectivity index (χ4v) is 1.69. The molecule has 0 bridgehead atoms. The molecule has 0 saturated carbocycles. The number of hydrazine groups is 1. The quantitative estimate of drug-likeness (QED) is 0.606. The van der Waals surface area contributed by atoms with E-state index in [9.17, 15) is 0 Å². The SMILES string of the molecule is CC(NN)c1ccc(-c2ccccc2)cc1. The van der Waals surface area contributed by atoms with E-state index in [1.165, 1.54) is 16.7 Å². The summed E-state index contributed by atoms with van der Waals surface area (Å²) in [5.41, 5.74) is 6.41. The second-order valence-corrected chi connectivity index (χ2v) is 3.88. The predicted molar refractivity (Wildman–Crippen MR) is 67.6 cm³/mol. The largest absolute Gasteiger partial charge is 0.271 e. The van der Waals surface area contributed by atoms with Crippen molar-refractivity contribution in [2.24, 2.45) is 5.84 Å². The zero-order valence-corrected chi connectivity index (χ0v) is 9.35. The second kappa shape index (κ2) is 4.92. The van der Waals surface area contributed by atoms with Gasteiger partial charge in [0, 0.05) is 6.04 Å². The summed E-state index contributed by atoms with van der Waals surface area (Å²) in [6.45, 7) is 2.04. The van der Waals surface area contributed by atoms with Crippen molar-refractivity contribution in [2.75, 3.05) is 0 Å². The van der Waals surface area contributed by atoms with E-state index < -0.39 is 0 Å². The van der Waals surface area contributed by atoms with E-state index >= 15 is 0 Å². The van der Waals surface area contributed by atoms with E-state index in [-0.39, 0.29) is 6.04 Å². The molecular formula is C14H16N2. The van der Waals surface area contributed by atoms with Crippen LogP contribution in [-0.2, 0) is 0 Å². The smallest absolute Gasteiger partial charge is 0.0431 e. The molecule has 0 aliphatic rings. The van der Waals surface area contributed by atoms with E-state index in [0.717, 1.165) is 0 Å². The average molecular weight is 212 g/mol. The van der Waals surface area contributed by atoms with Crippen molar-refractivity contribution in [1.29, 1.82) is 0 Å². The topological polar surface area (TPSA) is 38.0 Å². The molecule has 16 heavy (non-hydrogen) atoms. The van der Waals surface area contributed by atoms with Gasteiger partial charge in [-0.3, -0.25) is 11.3 Å². The van der Waals surface area contributed by atoms with Gasteiger partial charge in [0.25, 0.3) is 0 Å². The fraction of sp³-hybridized carbons (Fsp3) is 0.143. The number of nitrogens with one attached hydrogen (secondary N) is 1. The zero-order chi connectivity index (χ0) is 11.4. The molecule has 0 saturated heterocycles. The normalized spacial score (nSPS) is 12.4. The monoisotopic (exact) mass is 212 g/mol. The molecule has 2 nitrogen and oxygen atoms in total. The van der Waals surface area contributed by atoms with Crippen LogP contribution in [0, 0.1) is 0 Å². The lowest BCUT2D eigenvalue weighted by atomic mass is 10.0. The van der Waals surface area contributed by atoms with Crippen molar-refractivity contribution < 1.29 is 0 Å². The Morgan fingerprint density at radius 3 is 2.00 bits per heavy atom. The molecule has 2 rings (SSSR count). The van der Waals surface area contributed by atoms with Gasteiger partial charge < -0.3 is 0 Å². The van der Waals surface area contributed by atoms with Gasteiger partial charge in [-0.25, -0.2) is 0 Å². The highest BCUT2D eigenvalue weighted by molar-refractivity contribution is 5.63. The van der Waals surface area contributed by atoms with E-state index in [1.54, 1.807) is 0 Å². The summed E-state index contributed by atoms with van der Waals surface area (Å²) < 4.78 is 0. The standard InChI is InChI=1S/C14H16N2/c1-11(16-15)12-7-9-14(10-8-12)13-5-3-2-4-6-13/h2-11,16H,15H2,1H3. The Balaban J connectivity index is 2.26. The van der Waals surface area contributed by atoms with Crippen LogP contribution in [0.1, 0.15) is 18.5 Å². The highest BCUT2D eigenvalue weighted by atomic mass is 15.2. The van der Waals surface area contributed by atoms with Crippen LogP contribution in [0.15, 0.2) is 54.6 Å². The molecule has 0 aliphatic carbocycles. The Hall–Kier alpha value is -1.64. The minimum atomic E-state index is 0.185. The second-order valence-electron chi connectivity index (χ2n) is 3.88. The molecule has 2 heteroatoms. The average Bonchev–Trinajstić information content (AvgIpc) is 2.39. The molecule has 0 amide bonds. The van der Waals surface area contributed by atoms with Crippen LogP contribution in [0.2, 0.25) is 0 Å². The van der Waals surface area contributed by atoms with Crippen molar-refractivity contribution in [3.05, 3.63) is 60.2 Å². The molecule has 1 unspecified atom stereocenters. The van der Waals surface area contributed by atoms with Crippen molar-refractivity contribution in [3.63, 3.8) is 0 Å². The molecule has 1 atom stereocenters. The van der Waals surface area contributed by atoms with Crippen molar-refractivity contribution in [3.8, 4) is 11.1 Å². The lowest BCUT2D eigenvalue weighted by Gasteiger charge is -2.10. The van der Waals surface area contributed by atoms with Crippen LogP contribution in [0.4, 0.5) is 0 Å². The highest BCUT2D eigenvalue weighted by Gasteiger charge is 2.02. The summed E-state index contributed by atoms with van der Waals surface area (Å²) in [6.07, 6.45) is 0. The van der Waals surface area contributed by atoms with Gasteiger partial charge in [-0.15, -0.1) is 0 Å². The van der Waals surface area contributed by atoms with Gasteiger partial charge in [-0.05, 0) is 23.6 Å². The van der Waals surface area contributed by atoms with Gasteiger partial charge >= 0.3 is 0 Å². The van der Waals surface area contributed by atoms with E-state index in [1.807, 2.05) is 25.1 Å². The first-order valence-electron chi connectivity index (χ1n) is 5.43. The van der Waals surface area contributed by atoms with Gasteiger partial charge in [0.1, 0.15) is 0 Å². The maximum Gasteiger partial charge on any atom is 0.0431 e. The molecule has 0 heterocycles. The maximum atomic E-state index is 5.40. The Morgan fingerprint density at radius 1 is 0.875 bits per heavy atom. The molecule has 0 aliphatic heterocycles. The first kappa shape index (κ1) is 10.9. The van der Waals surface area contributed by atoms with Crippen LogP contribution in [-0.4, -0.2) is 0 Å². The molecular weight excluding hydrogens is 196 g/mol. The van der Waals surface area contributed by atoms with E-state index in [2.05, 4.69) is 41.8 Å². The molecule has 82 valence electrons. The first-order valence-corrected chi connectivity index (χ1v) is 5.43. The summed E-state index contributed by atoms with van der Waals surface area (Å²) >= 11 is 0. The van der Waals surface area contributed by atoms with Crippen LogP contribution >= 0.6 is 0 Å². The molecule has 0 spiro atoms. The third-order valence-corrected chi connectivity index (χ3v) is 2.77. The lowest BCUT2D eigenvalue weighted by molar-refractivity contribution is 0.602.